The minimum Gasteiger partial charge on any atom is -0.381 e. The second kappa shape index (κ2) is 4.37. The van der Waals surface area contributed by atoms with Crippen molar-refractivity contribution in [3.63, 3.8) is 0 Å². The lowest BCUT2D eigenvalue weighted by molar-refractivity contribution is -0.314. The van der Waals surface area contributed by atoms with E-state index < -0.39 is 35.8 Å². The Bertz CT molecular complexity index is 533. The monoisotopic (exact) mass is 268 g/mol. The Morgan fingerprint density at radius 1 is 0.632 bits per heavy atom. The molecule has 9 nitrogen and oxygen atoms in total. The molecule has 0 aromatic rings. The van der Waals surface area contributed by atoms with Gasteiger partial charge in [-0.15, -0.1) is 0 Å². The van der Waals surface area contributed by atoms with Gasteiger partial charge in [0.05, 0.1) is 0 Å². The summed E-state index contributed by atoms with van der Waals surface area (Å²) in [6.45, 7) is 0. The molecule has 0 amide bonds. The van der Waals surface area contributed by atoms with Crippen LogP contribution in [0.3, 0.4) is 0 Å². The van der Waals surface area contributed by atoms with Crippen molar-refractivity contribution in [1.29, 1.82) is 0 Å². The molecule has 0 aromatic heterocycles. The predicted molar refractivity (Wildman–Crippen MR) is 50.4 cm³/mol. The molecular formula is C10H4O9. The zero-order valence-corrected chi connectivity index (χ0v) is 8.98. The second-order valence-electron chi connectivity index (χ2n) is 3.19. The first-order chi connectivity index (χ1) is 8.91. The largest absolute Gasteiger partial charge is 0.531 e. The van der Waals surface area contributed by atoms with E-state index in [0.717, 1.165) is 0 Å². The van der Waals surface area contributed by atoms with E-state index in [1.165, 1.54) is 0 Å². The molecular weight excluding hydrogens is 264 g/mol. The van der Waals surface area contributed by atoms with Crippen LogP contribution in [0.4, 0.5) is 0 Å². The normalized spacial score (nSPS) is 23.5. The van der Waals surface area contributed by atoms with Crippen LogP contribution in [0.25, 0.3) is 0 Å². The maximum Gasteiger partial charge on any atom is 0.531 e. The third kappa shape index (κ3) is 2.49. The summed E-state index contributed by atoms with van der Waals surface area (Å²) in [5, 5.41) is 0. The predicted octanol–water partition coefficient (Wildman–Crippen LogP) is -1.52. The molecule has 2 aliphatic rings. The van der Waals surface area contributed by atoms with Gasteiger partial charge in [0.1, 0.15) is 0 Å². The molecule has 2 heterocycles. The van der Waals surface area contributed by atoms with Gasteiger partial charge >= 0.3 is 35.8 Å². The number of rotatable bonds is 0. The van der Waals surface area contributed by atoms with Gasteiger partial charge in [0, 0.05) is 24.3 Å². The van der Waals surface area contributed by atoms with Crippen LogP contribution in [-0.4, -0.2) is 35.8 Å². The molecule has 98 valence electrons. The highest BCUT2D eigenvalue weighted by molar-refractivity contribution is 6.03. The summed E-state index contributed by atoms with van der Waals surface area (Å²) in [6, 6.07) is 0. The minimum absolute atomic E-state index is 0.608. The van der Waals surface area contributed by atoms with E-state index in [1.54, 1.807) is 0 Å². The van der Waals surface area contributed by atoms with E-state index >= 15 is 0 Å². The van der Waals surface area contributed by atoms with Crippen molar-refractivity contribution in [2.45, 2.75) is 5.97 Å². The minimum atomic E-state index is -3.07. The molecule has 0 saturated heterocycles. The quantitative estimate of drug-likeness (QED) is 0.380. The molecule has 0 N–H and O–H groups in total. The molecule has 9 heteroatoms. The summed E-state index contributed by atoms with van der Waals surface area (Å²) in [6.07, 6.45) is 2.52. The van der Waals surface area contributed by atoms with Gasteiger partial charge in [0.25, 0.3) is 0 Å². The molecule has 2 rings (SSSR count). The summed E-state index contributed by atoms with van der Waals surface area (Å²) in [4.78, 5) is 56.3. The maximum atomic E-state index is 11.6. The fourth-order valence-corrected chi connectivity index (χ4v) is 1.15. The van der Waals surface area contributed by atoms with E-state index in [-0.39, 0.29) is 0 Å². The van der Waals surface area contributed by atoms with Crippen LogP contribution in [0.15, 0.2) is 24.3 Å². The van der Waals surface area contributed by atoms with Gasteiger partial charge in [-0.05, 0) is 0 Å². The standard InChI is InChI=1S/C10H4O9/c11-5-1-2-6(12)17-10(9(15)16-5)18-7(13)3-4-8(14)19-10/h1-4H/b2-1-. The lowest BCUT2D eigenvalue weighted by Crippen LogP contribution is -2.51. The lowest BCUT2D eigenvalue weighted by atomic mass is 10.4. The molecule has 0 saturated carbocycles. The maximum absolute atomic E-state index is 11.6. The highest BCUT2D eigenvalue weighted by Crippen LogP contribution is 2.23. The number of carbonyl (C=O) groups excluding carboxylic acids is 5. The average molecular weight is 268 g/mol. The van der Waals surface area contributed by atoms with E-state index in [2.05, 4.69) is 18.9 Å². The van der Waals surface area contributed by atoms with Crippen LogP contribution in [0, 0.1) is 0 Å². The average Bonchev–Trinajstić information content (AvgIpc) is 2.46. The van der Waals surface area contributed by atoms with Crippen LogP contribution in [0.1, 0.15) is 0 Å². The molecule has 0 bridgehead atoms. The van der Waals surface area contributed by atoms with E-state index in [9.17, 15) is 24.0 Å². The third-order valence-corrected chi connectivity index (χ3v) is 1.86. The van der Waals surface area contributed by atoms with Gasteiger partial charge in [-0.25, -0.2) is 24.0 Å². The van der Waals surface area contributed by atoms with Gasteiger partial charge in [-0.1, -0.05) is 0 Å². The zero-order valence-electron chi connectivity index (χ0n) is 8.98. The highest BCUT2D eigenvalue weighted by atomic mass is 16.9. The number of hydrogen-bond donors (Lipinski definition) is 0. The number of esters is 5. The Hall–Kier alpha value is -2.97. The summed E-state index contributed by atoms with van der Waals surface area (Å²) < 4.78 is 17.4. The van der Waals surface area contributed by atoms with E-state index in [1.807, 2.05) is 0 Å². The van der Waals surface area contributed by atoms with Gasteiger partial charge < -0.3 is 18.9 Å². The molecule has 1 spiro atoms. The van der Waals surface area contributed by atoms with Crippen LogP contribution < -0.4 is 0 Å². The molecule has 0 radical (unpaired) electrons. The highest BCUT2D eigenvalue weighted by Gasteiger charge is 2.55. The van der Waals surface area contributed by atoms with Crippen molar-refractivity contribution in [3.8, 4) is 0 Å². The van der Waals surface area contributed by atoms with Gasteiger partial charge in [0.2, 0.25) is 0 Å². The van der Waals surface area contributed by atoms with Crippen molar-refractivity contribution in [2.24, 2.45) is 0 Å². The molecule has 2 aliphatic heterocycles. The molecule has 0 fully saturated rings. The van der Waals surface area contributed by atoms with Crippen molar-refractivity contribution >= 4 is 29.8 Å². The van der Waals surface area contributed by atoms with Crippen LogP contribution in [0.2, 0.25) is 0 Å². The Kier molecular flexibility index (Phi) is 2.87. The Balaban J connectivity index is 2.43. The Labute approximate surface area is 104 Å². The number of hydrogen-bond acceptors (Lipinski definition) is 9. The molecule has 0 aliphatic carbocycles. The van der Waals surface area contributed by atoms with Crippen molar-refractivity contribution in [1.82, 2.24) is 0 Å². The first-order valence-corrected chi connectivity index (χ1v) is 4.72. The summed E-state index contributed by atoms with van der Waals surface area (Å²) >= 11 is 0. The van der Waals surface area contributed by atoms with E-state index in [4.69, 9.17) is 0 Å². The van der Waals surface area contributed by atoms with Crippen molar-refractivity contribution < 1.29 is 42.9 Å². The number of cyclic esters (lactones) is 2. The van der Waals surface area contributed by atoms with Gasteiger partial charge in [-0.2, -0.15) is 0 Å². The topological polar surface area (TPSA) is 122 Å². The van der Waals surface area contributed by atoms with Gasteiger partial charge in [0.15, 0.2) is 0 Å². The molecule has 0 unspecified atom stereocenters. The Morgan fingerprint density at radius 3 is 1.42 bits per heavy atom. The zero-order chi connectivity index (χ0) is 14.0. The summed E-state index contributed by atoms with van der Waals surface area (Å²) in [5.74, 6) is -9.60. The van der Waals surface area contributed by atoms with Crippen LogP contribution in [0.5, 0.6) is 0 Å². The fraction of sp³-hybridized carbons (Fsp3) is 0.100. The number of ether oxygens (including phenoxy) is 4. The first kappa shape index (κ1) is 12.5. The van der Waals surface area contributed by atoms with Crippen LogP contribution >= 0.6 is 0 Å². The smallest absolute Gasteiger partial charge is 0.381 e. The summed E-state index contributed by atoms with van der Waals surface area (Å²) in [7, 11) is 0. The van der Waals surface area contributed by atoms with Crippen LogP contribution in [-0.2, 0) is 42.9 Å². The Morgan fingerprint density at radius 2 is 1.00 bits per heavy atom. The van der Waals surface area contributed by atoms with Crippen molar-refractivity contribution in [3.05, 3.63) is 24.3 Å². The van der Waals surface area contributed by atoms with E-state index in [0.29, 0.717) is 24.3 Å². The van der Waals surface area contributed by atoms with Gasteiger partial charge in [-0.3, -0.25) is 0 Å². The fourth-order valence-electron chi connectivity index (χ4n) is 1.15. The first-order valence-electron chi connectivity index (χ1n) is 4.72. The molecule has 19 heavy (non-hydrogen) atoms. The number of carbonyl (C=O) groups is 5. The second-order valence-corrected chi connectivity index (χ2v) is 3.19. The summed E-state index contributed by atoms with van der Waals surface area (Å²) in [5.41, 5.74) is 0. The van der Waals surface area contributed by atoms with Crippen molar-refractivity contribution in [2.75, 3.05) is 0 Å². The lowest BCUT2D eigenvalue weighted by Gasteiger charge is -2.26. The molecule has 0 atom stereocenters. The third-order valence-electron chi connectivity index (χ3n) is 1.86. The SMILES string of the molecule is O=C1C=CC(=O)OC2(O1)OC(=O)/C=C\C(=O)OC2=O. The molecule has 0 aromatic carbocycles.